The molecule has 124 valence electrons. The second-order valence-electron chi connectivity index (χ2n) is 4.85. The largest absolute Gasteiger partial charge is 0.493 e. The van der Waals surface area contributed by atoms with Crippen molar-refractivity contribution in [2.45, 2.75) is 6.92 Å². The second kappa shape index (κ2) is 6.87. The van der Waals surface area contributed by atoms with Gasteiger partial charge in [-0.3, -0.25) is 0 Å². The van der Waals surface area contributed by atoms with Crippen molar-refractivity contribution in [3.8, 4) is 28.7 Å². The van der Waals surface area contributed by atoms with E-state index in [0.29, 0.717) is 28.3 Å². The fourth-order valence-electron chi connectivity index (χ4n) is 2.54. The molecule has 0 unspecified atom stereocenters. The maximum absolute atomic E-state index is 12.3. The minimum atomic E-state index is -0.614. The summed E-state index contributed by atoms with van der Waals surface area (Å²) < 4.78 is 15.6. The van der Waals surface area contributed by atoms with Gasteiger partial charge in [0.15, 0.2) is 11.5 Å². The Morgan fingerprint density at radius 1 is 1.25 bits per heavy atom. The third-order valence-corrected chi connectivity index (χ3v) is 3.58. The van der Waals surface area contributed by atoms with Crippen LogP contribution >= 0.6 is 0 Å². The number of ether oxygens (including phenoxy) is 3. The highest BCUT2D eigenvalue weighted by Crippen LogP contribution is 2.42. The molecular weight excluding hydrogens is 310 g/mol. The quantitative estimate of drug-likeness (QED) is 0.858. The number of methoxy groups -OCH3 is 3. The van der Waals surface area contributed by atoms with Crippen LogP contribution in [0.2, 0.25) is 0 Å². The molecule has 0 fully saturated rings. The monoisotopic (exact) mass is 327 g/mol. The first-order valence-corrected chi connectivity index (χ1v) is 6.99. The Morgan fingerprint density at radius 3 is 2.50 bits per heavy atom. The van der Waals surface area contributed by atoms with Crippen molar-refractivity contribution in [1.82, 2.24) is 4.98 Å². The maximum atomic E-state index is 12.3. The number of esters is 1. The average molecular weight is 327 g/mol. The molecule has 0 saturated carbocycles. The van der Waals surface area contributed by atoms with Crippen molar-refractivity contribution >= 4 is 11.8 Å². The molecule has 2 N–H and O–H groups in total. The number of anilines is 1. The van der Waals surface area contributed by atoms with E-state index in [0.717, 1.165) is 0 Å². The molecule has 0 spiro atoms. The summed E-state index contributed by atoms with van der Waals surface area (Å²) in [6, 6.07) is 7.16. The van der Waals surface area contributed by atoms with E-state index in [9.17, 15) is 10.1 Å². The number of para-hydroxylation sites is 1. The van der Waals surface area contributed by atoms with Crippen LogP contribution in [-0.2, 0) is 4.74 Å². The molecule has 1 aromatic heterocycles. The molecular formula is C17H17N3O4. The van der Waals surface area contributed by atoms with Gasteiger partial charge in [-0.2, -0.15) is 5.26 Å². The SMILES string of the molecule is COC(=O)c1c(C)nc(N)c(C#N)c1-c1cccc(OC)c1OC. The summed E-state index contributed by atoms with van der Waals surface area (Å²) in [7, 11) is 4.24. The highest BCUT2D eigenvalue weighted by Gasteiger charge is 2.26. The Kier molecular flexibility index (Phi) is 4.90. The molecule has 0 radical (unpaired) electrons. The van der Waals surface area contributed by atoms with Crippen molar-refractivity contribution in [3.05, 3.63) is 35.0 Å². The number of nitrogen functional groups attached to an aromatic ring is 1. The second-order valence-corrected chi connectivity index (χ2v) is 4.85. The Hall–Kier alpha value is -3.27. The third-order valence-electron chi connectivity index (χ3n) is 3.58. The van der Waals surface area contributed by atoms with Gasteiger partial charge >= 0.3 is 5.97 Å². The Bertz CT molecular complexity index is 841. The average Bonchev–Trinajstić information content (AvgIpc) is 2.59. The molecule has 0 bridgehead atoms. The molecule has 0 amide bonds. The number of aromatic nitrogens is 1. The van der Waals surface area contributed by atoms with Gasteiger partial charge in [0.1, 0.15) is 17.5 Å². The van der Waals surface area contributed by atoms with E-state index in [1.807, 2.05) is 6.07 Å². The minimum absolute atomic E-state index is 0.0301. The van der Waals surface area contributed by atoms with Crippen LogP contribution in [0.5, 0.6) is 11.5 Å². The lowest BCUT2D eigenvalue weighted by Crippen LogP contribution is -2.12. The fraction of sp³-hybridized carbons (Fsp3) is 0.235. The standard InChI is InChI=1S/C17H17N3O4/c1-9-13(17(21)24-4)14(11(8-18)16(19)20-9)10-6-5-7-12(22-2)15(10)23-3/h5-7H,1-4H3,(H2,19,20). The van der Waals surface area contributed by atoms with E-state index in [2.05, 4.69) is 4.98 Å². The number of aryl methyl sites for hydroxylation is 1. The van der Waals surface area contributed by atoms with Crippen LogP contribution in [0.15, 0.2) is 18.2 Å². The van der Waals surface area contributed by atoms with Crippen LogP contribution in [-0.4, -0.2) is 32.3 Å². The molecule has 7 nitrogen and oxygen atoms in total. The Labute approximate surface area is 139 Å². The molecule has 0 saturated heterocycles. The van der Waals surface area contributed by atoms with E-state index >= 15 is 0 Å². The van der Waals surface area contributed by atoms with Crippen molar-refractivity contribution in [1.29, 1.82) is 5.26 Å². The van der Waals surface area contributed by atoms with Gasteiger partial charge in [-0.15, -0.1) is 0 Å². The predicted octanol–water partition coefficient (Wildman–Crippen LogP) is 2.31. The molecule has 2 aromatic rings. The molecule has 1 heterocycles. The summed E-state index contributed by atoms with van der Waals surface area (Å²) in [5.74, 6) is 0.258. The number of rotatable bonds is 4. The summed E-state index contributed by atoms with van der Waals surface area (Å²) >= 11 is 0. The van der Waals surface area contributed by atoms with E-state index in [1.54, 1.807) is 25.1 Å². The maximum Gasteiger partial charge on any atom is 0.340 e. The van der Waals surface area contributed by atoms with Crippen LogP contribution in [0.4, 0.5) is 5.82 Å². The third kappa shape index (κ3) is 2.70. The van der Waals surface area contributed by atoms with Gasteiger partial charge in [-0.05, 0) is 13.0 Å². The smallest absolute Gasteiger partial charge is 0.340 e. The van der Waals surface area contributed by atoms with Gasteiger partial charge in [0.05, 0.1) is 32.6 Å². The zero-order chi connectivity index (χ0) is 17.9. The van der Waals surface area contributed by atoms with E-state index in [-0.39, 0.29) is 16.9 Å². The first-order chi connectivity index (χ1) is 11.5. The van der Waals surface area contributed by atoms with Gasteiger partial charge < -0.3 is 19.9 Å². The number of hydrogen-bond donors (Lipinski definition) is 1. The van der Waals surface area contributed by atoms with Gasteiger partial charge in [-0.1, -0.05) is 12.1 Å². The predicted molar refractivity (Wildman–Crippen MR) is 88.0 cm³/mol. The summed E-state index contributed by atoms with van der Waals surface area (Å²) in [6.07, 6.45) is 0. The lowest BCUT2D eigenvalue weighted by atomic mass is 9.93. The number of hydrogen-bond acceptors (Lipinski definition) is 7. The van der Waals surface area contributed by atoms with E-state index in [4.69, 9.17) is 19.9 Å². The topological polar surface area (TPSA) is 107 Å². The highest BCUT2D eigenvalue weighted by atomic mass is 16.5. The van der Waals surface area contributed by atoms with Crippen LogP contribution in [0.25, 0.3) is 11.1 Å². The zero-order valence-electron chi connectivity index (χ0n) is 13.8. The van der Waals surface area contributed by atoms with Crippen LogP contribution in [0.3, 0.4) is 0 Å². The number of nitrogens with zero attached hydrogens (tertiary/aromatic N) is 2. The van der Waals surface area contributed by atoms with Crippen molar-refractivity contribution in [3.63, 3.8) is 0 Å². The molecule has 24 heavy (non-hydrogen) atoms. The molecule has 0 atom stereocenters. The summed E-state index contributed by atoms with van der Waals surface area (Å²) in [5.41, 5.74) is 7.28. The molecule has 0 aliphatic carbocycles. The van der Waals surface area contributed by atoms with Gasteiger partial charge in [0.25, 0.3) is 0 Å². The van der Waals surface area contributed by atoms with E-state index < -0.39 is 5.97 Å². The molecule has 2 rings (SSSR count). The van der Waals surface area contributed by atoms with Crippen molar-refractivity contribution in [2.24, 2.45) is 0 Å². The van der Waals surface area contributed by atoms with Gasteiger partial charge in [0.2, 0.25) is 0 Å². The number of nitrogens with two attached hydrogens (primary N) is 1. The number of nitriles is 1. The lowest BCUT2D eigenvalue weighted by Gasteiger charge is -2.17. The van der Waals surface area contributed by atoms with Crippen LogP contribution in [0, 0.1) is 18.3 Å². The van der Waals surface area contributed by atoms with Crippen molar-refractivity contribution < 1.29 is 19.0 Å². The Balaban J connectivity index is 2.98. The number of carbonyl (C=O) groups is 1. The minimum Gasteiger partial charge on any atom is -0.493 e. The van der Waals surface area contributed by atoms with Gasteiger partial charge in [0, 0.05) is 11.1 Å². The first kappa shape index (κ1) is 17.1. The highest BCUT2D eigenvalue weighted by molar-refractivity contribution is 6.02. The van der Waals surface area contributed by atoms with Crippen LogP contribution < -0.4 is 15.2 Å². The number of pyridine rings is 1. The number of benzene rings is 1. The van der Waals surface area contributed by atoms with E-state index in [1.165, 1.54) is 21.3 Å². The summed E-state index contributed by atoms with van der Waals surface area (Å²) in [4.78, 5) is 16.4. The molecule has 7 heteroatoms. The van der Waals surface area contributed by atoms with Gasteiger partial charge in [-0.25, -0.2) is 9.78 Å². The number of carbonyl (C=O) groups excluding carboxylic acids is 1. The first-order valence-electron chi connectivity index (χ1n) is 6.99. The molecule has 0 aliphatic heterocycles. The zero-order valence-corrected chi connectivity index (χ0v) is 13.8. The molecule has 1 aromatic carbocycles. The summed E-state index contributed by atoms with van der Waals surface area (Å²) in [5, 5.41) is 9.53. The fourth-order valence-corrected chi connectivity index (χ4v) is 2.54. The van der Waals surface area contributed by atoms with Crippen LogP contribution in [0.1, 0.15) is 21.6 Å². The Morgan fingerprint density at radius 2 is 1.96 bits per heavy atom. The summed E-state index contributed by atoms with van der Waals surface area (Å²) in [6.45, 7) is 1.62. The normalized spacial score (nSPS) is 9.96. The molecule has 0 aliphatic rings. The van der Waals surface area contributed by atoms with Crippen molar-refractivity contribution in [2.75, 3.05) is 27.1 Å². The lowest BCUT2D eigenvalue weighted by molar-refractivity contribution is 0.0600.